The highest BCUT2D eigenvalue weighted by atomic mass is 19.1. The maximum Gasteiger partial charge on any atom is 0.224 e. The number of nitrogens with one attached hydrogen (secondary N) is 1. The summed E-state index contributed by atoms with van der Waals surface area (Å²) in [6, 6.07) is 8.84. The van der Waals surface area contributed by atoms with E-state index in [1.807, 2.05) is 0 Å². The van der Waals surface area contributed by atoms with Crippen LogP contribution in [-0.2, 0) is 4.79 Å². The van der Waals surface area contributed by atoms with Crippen LogP contribution in [0.2, 0.25) is 0 Å². The van der Waals surface area contributed by atoms with Gasteiger partial charge in [0.25, 0.3) is 0 Å². The zero-order chi connectivity index (χ0) is 19.6. The van der Waals surface area contributed by atoms with Gasteiger partial charge < -0.3 is 15.2 Å². The number of hydrogen-bond donors (Lipinski definition) is 2. The number of benzene rings is 1. The normalized spacial score (nSPS) is 20.0. The lowest BCUT2D eigenvalue weighted by Crippen LogP contribution is -2.33. The molecule has 1 aliphatic rings. The minimum atomic E-state index is -1.35. The molecule has 0 spiro atoms. The quantitative estimate of drug-likeness (QED) is 0.732. The number of ether oxygens (including phenoxy) is 1. The second kappa shape index (κ2) is 7.72. The number of hydrogen-bond acceptors (Lipinski definition) is 4. The number of rotatable bonds is 7. The summed E-state index contributed by atoms with van der Waals surface area (Å²) >= 11 is 0. The van der Waals surface area contributed by atoms with E-state index in [0.29, 0.717) is 12.0 Å². The molecule has 2 aromatic rings. The van der Waals surface area contributed by atoms with Crippen LogP contribution in [0.3, 0.4) is 0 Å². The first-order valence-electron chi connectivity index (χ1n) is 8.66. The Balaban J connectivity index is 1.60. The molecule has 3 atom stereocenters. The SMILES string of the molecule is [B]C([B])(C)Oc1ccc([C@H](CO)NC(=O)[C@H]2C[C@@H]2c2ccc(F)cc2)cn1. The third-order valence-electron chi connectivity index (χ3n) is 4.41. The molecule has 1 aromatic heterocycles. The predicted molar refractivity (Wildman–Crippen MR) is 100.0 cm³/mol. The van der Waals surface area contributed by atoms with E-state index in [1.165, 1.54) is 25.3 Å². The number of carbonyl (C=O) groups excluding carboxylic acids is 1. The van der Waals surface area contributed by atoms with Gasteiger partial charge in [-0.25, -0.2) is 9.37 Å². The van der Waals surface area contributed by atoms with Crippen molar-refractivity contribution >= 4 is 21.6 Å². The Kier molecular flexibility index (Phi) is 5.56. The van der Waals surface area contributed by atoms with Crippen LogP contribution in [0.25, 0.3) is 0 Å². The lowest BCUT2D eigenvalue weighted by atomic mass is 9.67. The van der Waals surface area contributed by atoms with Crippen molar-refractivity contribution in [3.63, 3.8) is 0 Å². The zero-order valence-electron chi connectivity index (χ0n) is 14.9. The van der Waals surface area contributed by atoms with Gasteiger partial charge in [-0.3, -0.25) is 4.79 Å². The molecule has 0 aliphatic heterocycles. The van der Waals surface area contributed by atoms with Crippen molar-refractivity contribution in [1.82, 2.24) is 10.3 Å². The molecule has 4 radical (unpaired) electrons. The van der Waals surface area contributed by atoms with Gasteiger partial charge in [-0.15, -0.1) is 0 Å². The van der Waals surface area contributed by atoms with Crippen molar-refractivity contribution in [1.29, 1.82) is 0 Å². The summed E-state index contributed by atoms with van der Waals surface area (Å²) in [6.45, 7) is 1.22. The van der Waals surface area contributed by atoms with Crippen molar-refractivity contribution in [3.8, 4) is 5.88 Å². The summed E-state index contributed by atoms with van der Waals surface area (Å²) in [5.74, 6) is -0.320. The average molecular weight is 364 g/mol. The summed E-state index contributed by atoms with van der Waals surface area (Å²) in [6.07, 6.45) is 2.19. The molecule has 3 rings (SSSR count). The smallest absolute Gasteiger partial charge is 0.224 e. The van der Waals surface area contributed by atoms with E-state index in [9.17, 15) is 14.3 Å². The topological polar surface area (TPSA) is 71.5 Å². The third-order valence-corrected chi connectivity index (χ3v) is 4.41. The number of aliphatic hydroxyl groups excluding tert-OH is 1. The number of aromatic nitrogens is 1. The monoisotopic (exact) mass is 364 g/mol. The molecule has 0 bridgehead atoms. The Bertz CT molecular complexity index is 794. The third kappa shape index (κ3) is 5.10. The van der Waals surface area contributed by atoms with E-state index in [2.05, 4.69) is 10.3 Å². The number of nitrogens with zero attached hydrogens (tertiary/aromatic N) is 1. The van der Waals surface area contributed by atoms with Crippen molar-refractivity contribution < 1.29 is 19.0 Å². The minimum absolute atomic E-state index is 0.0747. The van der Waals surface area contributed by atoms with Crippen molar-refractivity contribution in [2.75, 3.05) is 6.61 Å². The first-order valence-corrected chi connectivity index (χ1v) is 8.66. The molecule has 0 saturated heterocycles. The van der Waals surface area contributed by atoms with E-state index in [4.69, 9.17) is 20.4 Å². The lowest BCUT2D eigenvalue weighted by Gasteiger charge is -2.22. The molecule has 136 valence electrons. The van der Waals surface area contributed by atoms with Gasteiger partial charge in [-0.05, 0) is 48.6 Å². The molecular weight excluding hydrogens is 345 g/mol. The Morgan fingerprint density at radius 2 is 2.07 bits per heavy atom. The van der Waals surface area contributed by atoms with E-state index >= 15 is 0 Å². The first kappa shape index (κ1) is 19.4. The van der Waals surface area contributed by atoms with Crippen molar-refractivity contribution in [2.24, 2.45) is 5.92 Å². The summed E-state index contributed by atoms with van der Waals surface area (Å²) in [7, 11) is 11.1. The highest BCUT2D eigenvalue weighted by molar-refractivity contribution is 6.38. The molecule has 27 heavy (non-hydrogen) atoms. The van der Waals surface area contributed by atoms with Crippen LogP contribution in [0.1, 0.15) is 36.4 Å². The zero-order valence-corrected chi connectivity index (χ0v) is 14.9. The molecule has 1 saturated carbocycles. The fourth-order valence-corrected chi connectivity index (χ4v) is 2.96. The summed E-state index contributed by atoms with van der Waals surface area (Å²) in [5.41, 5.74) is 1.57. The van der Waals surface area contributed by atoms with Gasteiger partial charge in [0, 0.05) is 23.6 Å². The standard InChI is InChI=1S/C19H19B2FN2O3/c1-19(20,21)27-17-7-4-12(9-23-17)16(10-25)24-18(26)15-8-14(15)11-2-5-13(22)6-3-11/h2-7,9,14-16,25H,8,10H2,1H3,(H,24,26)/t14-,15+,16+/m1/s1. The van der Waals surface area contributed by atoms with E-state index in [0.717, 1.165) is 5.56 Å². The molecule has 0 unspecified atom stereocenters. The van der Waals surface area contributed by atoms with Crippen LogP contribution in [0, 0.1) is 11.7 Å². The highest BCUT2D eigenvalue weighted by Crippen LogP contribution is 2.47. The van der Waals surface area contributed by atoms with Crippen LogP contribution < -0.4 is 10.1 Å². The fourth-order valence-electron chi connectivity index (χ4n) is 2.96. The van der Waals surface area contributed by atoms with Gasteiger partial charge in [0.1, 0.15) is 21.5 Å². The predicted octanol–water partition coefficient (Wildman–Crippen LogP) is 1.56. The van der Waals surface area contributed by atoms with E-state index < -0.39 is 11.4 Å². The number of amides is 1. The maximum atomic E-state index is 13.0. The van der Waals surface area contributed by atoms with Gasteiger partial charge in [0.2, 0.25) is 11.8 Å². The molecule has 1 amide bonds. The van der Waals surface area contributed by atoms with E-state index in [-0.39, 0.29) is 36.0 Å². The maximum absolute atomic E-state index is 13.0. The molecule has 1 fully saturated rings. The van der Waals surface area contributed by atoms with E-state index in [1.54, 1.807) is 24.3 Å². The van der Waals surface area contributed by atoms with Gasteiger partial charge in [0.15, 0.2) is 0 Å². The molecule has 1 aromatic carbocycles. The fraction of sp³-hybridized carbons (Fsp3) is 0.368. The Labute approximate surface area is 160 Å². The van der Waals surface area contributed by atoms with Crippen molar-refractivity contribution in [3.05, 3.63) is 59.5 Å². The average Bonchev–Trinajstić information content (AvgIpc) is 3.40. The molecule has 1 heterocycles. The van der Waals surface area contributed by atoms with Crippen LogP contribution in [-0.4, -0.2) is 43.7 Å². The number of halogens is 1. The highest BCUT2D eigenvalue weighted by Gasteiger charge is 2.44. The second-order valence-electron chi connectivity index (χ2n) is 6.96. The van der Waals surface area contributed by atoms with Gasteiger partial charge >= 0.3 is 0 Å². The molecular formula is C19H19B2FN2O3. The Hall–Kier alpha value is -2.34. The van der Waals surface area contributed by atoms with Crippen LogP contribution >= 0.6 is 0 Å². The van der Waals surface area contributed by atoms with Crippen LogP contribution in [0.15, 0.2) is 42.6 Å². The number of pyridine rings is 1. The van der Waals surface area contributed by atoms with Gasteiger partial charge in [0.05, 0.1) is 12.6 Å². The summed E-state index contributed by atoms with van der Waals surface area (Å²) in [4.78, 5) is 16.6. The second-order valence-corrected chi connectivity index (χ2v) is 6.96. The lowest BCUT2D eigenvalue weighted by molar-refractivity contribution is -0.123. The Morgan fingerprint density at radius 1 is 1.37 bits per heavy atom. The molecule has 5 nitrogen and oxygen atoms in total. The number of aliphatic hydroxyl groups is 1. The van der Waals surface area contributed by atoms with Gasteiger partial charge in [-0.2, -0.15) is 0 Å². The first-order chi connectivity index (χ1) is 12.8. The molecule has 1 aliphatic carbocycles. The number of carbonyl (C=O) groups is 1. The van der Waals surface area contributed by atoms with Crippen LogP contribution in [0.5, 0.6) is 5.88 Å². The molecule has 2 N–H and O–H groups in total. The summed E-state index contributed by atoms with van der Waals surface area (Å²) in [5, 5.41) is 11.1. The molecule has 8 heteroatoms. The minimum Gasteiger partial charge on any atom is -0.492 e. The van der Waals surface area contributed by atoms with Crippen molar-refractivity contribution in [2.45, 2.75) is 30.7 Å². The van der Waals surface area contributed by atoms with Crippen LogP contribution in [0.4, 0.5) is 4.39 Å². The Morgan fingerprint density at radius 3 is 2.63 bits per heavy atom. The summed E-state index contributed by atoms with van der Waals surface area (Å²) < 4.78 is 18.3. The largest absolute Gasteiger partial charge is 0.492 e. The van der Waals surface area contributed by atoms with Gasteiger partial charge in [-0.1, -0.05) is 12.1 Å².